The summed E-state index contributed by atoms with van der Waals surface area (Å²) in [7, 11) is 0. The lowest BCUT2D eigenvalue weighted by molar-refractivity contribution is -0.131. The topological polar surface area (TPSA) is 92.2 Å². The van der Waals surface area contributed by atoms with E-state index in [1.807, 2.05) is 19.9 Å². The van der Waals surface area contributed by atoms with Crippen molar-refractivity contribution in [3.8, 4) is 0 Å². The molecule has 0 unspecified atom stereocenters. The maximum absolute atomic E-state index is 12.1. The maximum atomic E-state index is 12.1. The van der Waals surface area contributed by atoms with Crippen LogP contribution < -0.4 is 5.32 Å². The van der Waals surface area contributed by atoms with E-state index in [0.717, 1.165) is 17.5 Å². The lowest BCUT2D eigenvalue weighted by atomic mass is 10.3. The molecule has 0 radical (unpaired) electrons. The number of amides is 1. The van der Waals surface area contributed by atoms with Crippen LogP contribution in [0.5, 0.6) is 0 Å². The molecule has 2 rings (SSSR count). The van der Waals surface area contributed by atoms with E-state index < -0.39 is 5.97 Å². The van der Waals surface area contributed by atoms with Crippen molar-refractivity contribution in [3.63, 3.8) is 0 Å². The molecule has 108 valence electrons. The Morgan fingerprint density at radius 3 is 2.52 bits per heavy atom. The third-order valence-corrected chi connectivity index (χ3v) is 3.38. The number of aromatic nitrogens is 2. The van der Waals surface area contributed by atoms with Crippen LogP contribution in [0, 0.1) is 13.8 Å². The average molecular weight is 303 g/mol. The molecule has 0 spiro atoms. The number of rotatable bonds is 4. The highest BCUT2D eigenvalue weighted by Gasteiger charge is 2.10. The van der Waals surface area contributed by atoms with Crippen molar-refractivity contribution in [2.75, 3.05) is 5.32 Å². The molecular weight excluding hydrogens is 290 g/mol. The normalized spacial score (nSPS) is 10.8. The van der Waals surface area contributed by atoms with Crippen LogP contribution in [0.15, 0.2) is 23.6 Å². The second-order valence-corrected chi connectivity index (χ2v) is 5.28. The summed E-state index contributed by atoms with van der Waals surface area (Å²) in [5.41, 5.74) is 1.98. The van der Waals surface area contributed by atoms with Crippen molar-refractivity contribution >= 4 is 35.2 Å². The molecule has 0 saturated heterocycles. The predicted octanol–water partition coefficient (Wildman–Crippen LogP) is 2.51. The number of nitrogens with one attached hydrogen (secondary N) is 1. The summed E-state index contributed by atoms with van der Waals surface area (Å²) in [6, 6.07) is 3.43. The van der Waals surface area contributed by atoms with E-state index in [0.29, 0.717) is 10.4 Å². The fourth-order valence-electron chi connectivity index (χ4n) is 1.67. The molecule has 0 saturated carbocycles. The van der Waals surface area contributed by atoms with Crippen LogP contribution in [0.3, 0.4) is 0 Å². The number of carboxylic acids is 1. The first-order chi connectivity index (χ1) is 9.94. The number of aliphatic carboxylic acids is 1. The van der Waals surface area contributed by atoms with Crippen molar-refractivity contribution in [1.82, 2.24) is 9.97 Å². The predicted molar refractivity (Wildman–Crippen MR) is 80.4 cm³/mol. The molecule has 2 heterocycles. The first-order valence-corrected chi connectivity index (χ1v) is 6.95. The summed E-state index contributed by atoms with van der Waals surface area (Å²) in [5.74, 6) is -1.10. The summed E-state index contributed by atoms with van der Waals surface area (Å²) >= 11 is 1.28. The van der Waals surface area contributed by atoms with Gasteiger partial charge in [-0.05, 0) is 32.1 Å². The molecule has 0 aliphatic heterocycles. The molecule has 0 aliphatic carbocycles. The highest BCUT2D eigenvalue weighted by atomic mass is 32.1. The zero-order valence-corrected chi connectivity index (χ0v) is 12.3. The van der Waals surface area contributed by atoms with E-state index in [4.69, 9.17) is 5.11 Å². The van der Waals surface area contributed by atoms with Crippen LogP contribution >= 0.6 is 11.3 Å². The minimum absolute atomic E-state index is 0.256. The Morgan fingerprint density at radius 1 is 1.24 bits per heavy atom. The van der Waals surface area contributed by atoms with Gasteiger partial charge >= 0.3 is 5.97 Å². The third kappa shape index (κ3) is 4.22. The molecule has 6 nitrogen and oxygen atoms in total. The molecule has 0 aromatic carbocycles. The standard InChI is InChI=1S/C14H13N3O3S/c1-8-5-9(2)16-14(15-8)17-13(20)10-6-11(21-7-10)3-4-12(18)19/h3-7H,1-2H3,(H,18,19)(H,15,16,17,20). The number of carboxylic acid groups (broad SMARTS) is 1. The molecule has 2 N–H and O–H groups in total. The van der Waals surface area contributed by atoms with Gasteiger partial charge in [-0.3, -0.25) is 10.1 Å². The number of anilines is 1. The fraction of sp³-hybridized carbons (Fsp3) is 0.143. The van der Waals surface area contributed by atoms with E-state index in [1.165, 1.54) is 17.4 Å². The Labute approximate surface area is 125 Å². The van der Waals surface area contributed by atoms with Crippen molar-refractivity contribution in [1.29, 1.82) is 0 Å². The molecule has 2 aromatic heterocycles. The zero-order valence-electron chi connectivity index (χ0n) is 11.5. The van der Waals surface area contributed by atoms with Gasteiger partial charge in [0.25, 0.3) is 5.91 Å². The fourth-order valence-corrected chi connectivity index (χ4v) is 2.45. The SMILES string of the molecule is Cc1cc(C)nc(NC(=O)c2csc(C=CC(=O)O)c2)n1. The summed E-state index contributed by atoms with van der Waals surface area (Å²) in [6.45, 7) is 3.65. The summed E-state index contributed by atoms with van der Waals surface area (Å²) < 4.78 is 0. The average Bonchev–Trinajstić information content (AvgIpc) is 2.83. The first-order valence-electron chi connectivity index (χ1n) is 6.07. The van der Waals surface area contributed by atoms with Gasteiger partial charge in [0.05, 0.1) is 5.56 Å². The molecule has 2 aromatic rings. The van der Waals surface area contributed by atoms with Gasteiger partial charge in [-0.2, -0.15) is 0 Å². The van der Waals surface area contributed by atoms with Crippen molar-refractivity contribution in [2.24, 2.45) is 0 Å². The van der Waals surface area contributed by atoms with Gasteiger partial charge in [0, 0.05) is 27.7 Å². The molecule has 0 fully saturated rings. The minimum Gasteiger partial charge on any atom is -0.478 e. The molecule has 21 heavy (non-hydrogen) atoms. The smallest absolute Gasteiger partial charge is 0.328 e. The molecular formula is C14H13N3O3S. The maximum Gasteiger partial charge on any atom is 0.328 e. The second-order valence-electron chi connectivity index (χ2n) is 4.34. The molecule has 0 aliphatic rings. The minimum atomic E-state index is -1.03. The highest BCUT2D eigenvalue weighted by Crippen LogP contribution is 2.17. The number of carbonyl (C=O) groups is 2. The largest absolute Gasteiger partial charge is 0.478 e. The summed E-state index contributed by atoms with van der Waals surface area (Å²) in [4.78, 5) is 31.5. The summed E-state index contributed by atoms with van der Waals surface area (Å²) in [5, 5.41) is 12.8. The van der Waals surface area contributed by atoms with Crippen LogP contribution in [0.2, 0.25) is 0 Å². The van der Waals surface area contributed by atoms with Gasteiger partial charge in [0.15, 0.2) is 0 Å². The van der Waals surface area contributed by atoms with E-state index in [-0.39, 0.29) is 11.9 Å². The van der Waals surface area contributed by atoms with E-state index >= 15 is 0 Å². The van der Waals surface area contributed by atoms with Crippen LogP contribution in [-0.4, -0.2) is 27.0 Å². The summed E-state index contributed by atoms with van der Waals surface area (Å²) in [6.07, 6.45) is 2.47. The Bertz CT molecular complexity index is 702. The van der Waals surface area contributed by atoms with E-state index in [9.17, 15) is 9.59 Å². The Morgan fingerprint density at radius 2 is 1.90 bits per heavy atom. The lowest BCUT2D eigenvalue weighted by Crippen LogP contribution is -2.14. The third-order valence-electron chi connectivity index (χ3n) is 2.48. The Hall–Kier alpha value is -2.54. The van der Waals surface area contributed by atoms with Crippen molar-refractivity contribution in [3.05, 3.63) is 45.4 Å². The highest BCUT2D eigenvalue weighted by molar-refractivity contribution is 7.11. The molecule has 1 amide bonds. The second kappa shape index (κ2) is 6.27. The van der Waals surface area contributed by atoms with Crippen LogP contribution in [0.4, 0.5) is 5.95 Å². The van der Waals surface area contributed by atoms with Gasteiger partial charge in [-0.25, -0.2) is 14.8 Å². The Kier molecular flexibility index (Phi) is 4.44. The van der Waals surface area contributed by atoms with Gasteiger partial charge in [0.2, 0.25) is 5.95 Å². The van der Waals surface area contributed by atoms with Crippen LogP contribution in [0.25, 0.3) is 6.08 Å². The van der Waals surface area contributed by atoms with E-state index in [1.54, 1.807) is 11.4 Å². The van der Waals surface area contributed by atoms with Crippen LogP contribution in [0.1, 0.15) is 26.6 Å². The monoisotopic (exact) mass is 303 g/mol. The van der Waals surface area contributed by atoms with Gasteiger partial charge < -0.3 is 5.11 Å². The molecule has 7 heteroatoms. The molecule has 0 bridgehead atoms. The number of aryl methyl sites for hydroxylation is 2. The number of carbonyl (C=O) groups excluding carboxylic acids is 1. The lowest BCUT2D eigenvalue weighted by Gasteiger charge is -2.04. The quantitative estimate of drug-likeness (QED) is 0.847. The van der Waals surface area contributed by atoms with Crippen molar-refractivity contribution < 1.29 is 14.7 Å². The van der Waals surface area contributed by atoms with Crippen molar-refractivity contribution in [2.45, 2.75) is 13.8 Å². The van der Waals surface area contributed by atoms with E-state index in [2.05, 4.69) is 15.3 Å². The zero-order chi connectivity index (χ0) is 15.4. The van der Waals surface area contributed by atoms with Crippen LogP contribution in [-0.2, 0) is 4.79 Å². The number of hydrogen-bond acceptors (Lipinski definition) is 5. The number of thiophene rings is 1. The van der Waals surface area contributed by atoms with Gasteiger partial charge in [0.1, 0.15) is 0 Å². The van der Waals surface area contributed by atoms with Gasteiger partial charge in [-0.15, -0.1) is 11.3 Å². The van der Waals surface area contributed by atoms with Gasteiger partial charge in [-0.1, -0.05) is 0 Å². The molecule has 0 atom stereocenters. The Balaban J connectivity index is 2.11. The first kappa shape index (κ1) is 14.9. The number of nitrogens with zero attached hydrogens (tertiary/aromatic N) is 2. The number of hydrogen-bond donors (Lipinski definition) is 2.